The number of nitriles is 3. The highest BCUT2D eigenvalue weighted by atomic mass is 79.9. The average Bonchev–Trinajstić information content (AvgIpc) is 2.62. The van der Waals surface area contributed by atoms with Gasteiger partial charge in [0.25, 0.3) is 0 Å². The quantitative estimate of drug-likeness (QED) is 0.790. The number of likely N-dealkylation sites (N-methyl/N-ethyl adjacent to an activating group) is 1. The first-order valence-electron chi connectivity index (χ1n) is 7.85. The Hall–Kier alpha value is -2.59. The summed E-state index contributed by atoms with van der Waals surface area (Å²) in [6.45, 7) is 1.37. The minimum absolute atomic E-state index is 0.0694. The van der Waals surface area contributed by atoms with Crippen LogP contribution in [0.15, 0.2) is 51.7 Å². The Morgan fingerprint density at radius 1 is 1.20 bits per heavy atom. The zero-order valence-electron chi connectivity index (χ0n) is 13.7. The summed E-state index contributed by atoms with van der Waals surface area (Å²) in [5.41, 5.74) is 6.76. The third-order valence-electron chi connectivity index (χ3n) is 5.08. The molecule has 1 aromatic carbocycles. The lowest BCUT2D eigenvalue weighted by Gasteiger charge is -2.45. The Balaban J connectivity index is 2.32. The predicted molar refractivity (Wildman–Crippen MR) is 96.4 cm³/mol. The van der Waals surface area contributed by atoms with Crippen molar-refractivity contribution in [1.82, 2.24) is 4.90 Å². The van der Waals surface area contributed by atoms with Crippen LogP contribution in [0.3, 0.4) is 0 Å². The fraction of sp³-hybridized carbons (Fsp3) is 0.316. The first kappa shape index (κ1) is 17.2. The van der Waals surface area contributed by atoms with Gasteiger partial charge in [-0.2, -0.15) is 15.8 Å². The summed E-state index contributed by atoms with van der Waals surface area (Å²) < 4.78 is 0.921. The summed E-state index contributed by atoms with van der Waals surface area (Å²) in [6.07, 6.45) is 1.99. The number of nitrogens with zero attached hydrogens (tertiary/aromatic N) is 4. The third-order valence-corrected chi connectivity index (χ3v) is 5.60. The second kappa shape index (κ2) is 6.37. The number of allylic oxidation sites excluding steroid dienone is 2. The standard InChI is InChI=1S/C19H16BrN5/c1-25-7-6-14-15(8-21)18(24)19(10-22,11-23)17(16(14)9-25)12-2-4-13(20)5-3-12/h2-6,16-17H,7,9,24H2,1H3/t16-,17+/m1/s1. The van der Waals surface area contributed by atoms with Gasteiger partial charge in [-0.25, -0.2) is 0 Å². The van der Waals surface area contributed by atoms with Crippen LogP contribution in [0.1, 0.15) is 11.5 Å². The molecule has 0 unspecified atom stereocenters. The summed E-state index contributed by atoms with van der Waals surface area (Å²) in [5.74, 6) is -0.567. The highest BCUT2D eigenvalue weighted by Crippen LogP contribution is 2.54. The van der Waals surface area contributed by atoms with Crippen LogP contribution in [-0.4, -0.2) is 25.0 Å². The van der Waals surface area contributed by atoms with E-state index in [0.717, 1.165) is 15.6 Å². The van der Waals surface area contributed by atoms with E-state index in [1.807, 2.05) is 37.4 Å². The van der Waals surface area contributed by atoms with E-state index in [-0.39, 0.29) is 17.2 Å². The van der Waals surface area contributed by atoms with Crippen LogP contribution in [0.25, 0.3) is 0 Å². The maximum atomic E-state index is 9.93. The lowest BCUT2D eigenvalue weighted by Crippen LogP contribution is -2.47. The number of hydrogen-bond donors (Lipinski definition) is 1. The summed E-state index contributed by atoms with van der Waals surface area (Å²) in [7, 11) is 1.99. The molecule has 0 aromatic heterocycles. The van der Waals surface area contributed by atoms with E-state index in [1.54, 1.807) is 0 Å². The largest absolute Gasteiger partial charge is 0.399 e. The van der Waals surface area contributed by atoms with Crippen molar-refractivity contribution in [3.05, 3.63) is 57.2 Å². The Labute approximate surface area is 155 Å². The molecule has 6 heteroatoms. The molecule has 1 aromatic rings. The van der Waals surface area contributed by atoms with Gasteiger partial charge in [0, 0.05) is 29.4 Å². The summed E-state index contributed by atoms with van der Waals surface area (Å²) in [4.78, 5) is 2.12. The Morgan fingerprint density at radius 2 is 1.84 bits per heavy atom. The second-order valence-corrected chi connectivity index (χ2v) is 7.36. The van der Waals surface area contributed by atoms with Crippen LogP contribution in [-0.2, 0) is 0 Å². The van der Waals surface area contributed by atoms with E-state index >= 15 is 0 Å². The molecule has 3 rings (SSSR count). The number of rotatable bonds is 1. The zero-order chi connectivity index (χ0) is 18.2. The van der Waals surface area contributed by atoms with Gasteiger partial charge in [-0.3, -0.25) is 0 Å². The van der Waals surface area contributed by atoms with Gasteiger partial charge in [0.2, 0.25) is 0 Å². The number of halogens is 1. The summed E-state index contributed by atoms with van der Waals surface area (Å²) >= 11 is 3.42. The third kappa shape index (κ3) is 2.53. The molecule has 0 saturated heterocycles. The molecule has 2 atom stereocenters. The zero-order valence-corrected chi connectivity index (χ0v) is 15.3. The van der Waals surface area contributed by atoms with E-state index in [0.29, 0.717) is 13.1 Å². The molecule has 25 heavy (non-hydrogen) atoms. The van der Waals surface area contributed by atoms with Gasteiger partial charge in [-0.15, -0.1) is 0 Å². The van der Waals surface area contributed by atoms with Gasteiger partial charge in [0.15, 0.2) is 5.41 Å². The molecule has 2 aliphatic rings. The summed E-state index contributed by atoms with van der Waals surface area (Å²) in [6, 6.07) is 14.0. The van der Waals surface area contributed by atoms with Crippen LogP contribution in [0.5, 0.6) is 0 Å². The topological polar surface area (TPSA) is 101 Å². The van der Waals surface area contributed by atoms with Crippen molar-refractivity contribution in [1.29, 1.82) is 15.8 Å². The first-order chi connectivity index (χ1) is 12.0. The Kier molecular flexibility index (Phi) is 4.39. The molecule has 0 spiro atoms. The monoisotopic (exact) mass is 393 g/mol. The molecular formula is C19H16BrN5. The van der Waals surface area contributed by atoms with Crippen molar-refractivity contribution >= 4 is 15.9 Å². The van der Waals surface area contributed by atoms with Crippen molar-refractivity contribution in [2.75, 3.05) is 20.1 Å². The van der Waals surface area contributed by atoms with Crippen LogP contribution in [0.2, 0.25) is 0 Å². The molecule has 0 radical (unpaired) electrons. The molecule has 1 heterocycles. The Bertz CT molecular complexity index is 878. The minimum Gasteiger partial charge on any atom is -0.399 e. The first-order valence-corrected chi connectivity index (χ1v) is 8.65. The molecule has 0 fully saturated rings. The van der Waals surface area contributed by atoms with Gasteiger partial charge in [-0.1, -0.05) is 34.1 Å². The van der Waals surface area contributed by atoms with Crippen LogP contribution in [0.4, 0.5) is 0 Å². The molecule has 5 nitrogen and oxygen atoms in total. The number of hydrogen-bond acceptors (Lipinski definition) is 5. The molecule has 2 N–H and O–H groups in total. The average molecular weight is 394 g/mol. The molecule has 0 saturated carbocycles. The van der Waals surface area contributed by atoms with Gasteiger partial charge in [0.1, 0.15) is 6.07 Å². The van der Waals surface area contributed by atoms with Crippen molar-refractivity contribution in [2.45, 2.75) is 5.92 Å². The lowest BCUT2D eigenvalue weighted by molar-refractivity contribution is 0.237. The minimum atomic E-state index is -1.56. The van der Waals surface area contributed by atoms with Crippen molar-refractivity contribution in [2.24, 2.45) is 17.1 Å². The summed E-state index contributed by atoms with van der Waals surface area (Å²) in [5, 5.41) is 29.5. The van der Waals surface area contributed by atoms with Gasteiger partial charge < -0.3 is 10.6 Å². The van der Waals surface area contributed by atoms with Crippen LogP contribution >= 0.6 is 15.9 Å². The fourth-order valence-corrected chi connectivity index (χ4v) is 4.13. The van der Waals surface area contributed by atoms with Crippen molar-refractivity contribution < 1.29 is 0 Å². The number of benzene rings is 1. The lowest BCUT2D eigenvalue weighted by atomic mass is 9.58. The van der Waals surface area contributed by atoms with Crippen LogP contribution in [0, 0.1) is 45.3 Å². The maximum absolute atomic E-state index is 9.93. The van der Waals surface area contributed by atoms with Gasteiger partial charge in [-0.05, 0) is 30.3 Å². The van der Waals surface area contributed by atoms with E-state index in [1.165, 1.54) is 0 Å². The number of nitrogens with two attached hydrogens (primary N) is 1. The highest BCUT2D eigenvalue weighted by molar-refractivity contribution is 9.10. The SMILES string of the molecule is CN1CC=C2C(C#N)=C(N)C(C#N)(C#N)[C@@H](c3ccc(Br)cc3)[C@@H]2C1. The smallest absolute Gasteiger partial charge is 0.191 e. The molecule has 0 amide bonds. The maximum Gasteiger partial charge on any atom is 0.191 e. The van der Waals surface area contributed by atoms with E-state index in [2.05, 4.69) is 39.0 Å². The molecule has 0 bridgehead atoms. The Morgan fingerprint density at radius 3 is 2.40 bits per heavy atom. The predicted octanol–water partition coefficient (Wildman–Crippen LogP) is 2.80. The highest BCUT2D eigenvalue weighted by Gasteiger charge is 2.54. The fourth-order valence-electron chi connectivity index (χ4n) is 3.87. The normalized spacial score (nSPS) is 25.2. The van der Waals surface area contributed by atoms with E-state index in [4.69, 9.17) is 5.73 Å². The molecule has 1 aliphatic heterocycles. The van der Waals surface area contributed by atoms with Crippen molar-refractivity contribution in [3.8, 4) is 18.2 Å². The van der Waals surface area contributed by atoms with E-state index < -0.39 is 11.3 Å². The van der Waals surface area contributed by atoms with E-state index in [9.17, 15) is 15.8 Å². The number of fused-ring (bicyclic) bond motifs is 1. The molecule has 124 valence electrons. The second-order valence-electron chi connectivity index (χ2n) is 6.45. The molecule has 1 aliphatic carbocycles. The molecular weight excluding hydrogens is 378 g/mol. The van der Waals surface area contributed by atoms with Gasteiger partial charge in [0.05, 0.1) is 23.4 Å². The van der Waals surface area contributed by atoms with Crippen LogP contribution < -0.4 is 5.73 Å². The van der Waals surface area contributed by atoms with Crippen molar-refractivity contribution in [3.63, 3.8) is 0 Å². The van der Waals surface area contributed by atoms with Gasteiger partial charge >= 0.3 is 0 Å².